The molecule has 3 saturated carbocycles. The van der Waals surface area contributed by atoms with Crippen molar-refractivity contribution in [3.05, 3.63) is 34.3 Å². The molecule has 3 aliphatic carbocycles. The largest absolute Gasteiger partial charge is 0.122 e. The Labute approximate surface area is 122 Å². The van der Waals surface area contributed by atoms with Gasteiger partial charge in [0.25, 0.3) is 0 Å². The molecule has 3 aliphatic rings. The number of halogens is 2. The fraction of sp³-hybridized carbons (Fsp3) is 0.625. The van der Waals surface area contributed by atoms with Crippen molar-refractivity contribution in [2.24, 2.45) is 29.6 Å². The van der Waals surface area contributed by atoms with Crippen LogP contribution in [-0.4, -0.2) is 5.38 Å². The van der Waals surface area contributed by atoms with Crippen LogP contribution in [0.5, 0.6) is 0 Å². The van der Waals surface area contributed by atoms with Gasteiger partial charge in [-0.3, -0.25) is 0 Å². The molecule has 0 heterocycles. The second kappa shape index (κ2) is 4.24. The molecule has 2 bridgehead atoms. The average molecular weight is 326 g/mol. The highest BCUT2D eigenvalue weighted by molar-refractivity contribution is 9.10. The summed E-state index contributed by atoms with van der Waals surface area (Å²) < 4.78 is 1.17. The Morgan fingerprint density at radius 3 is 2.61 bits per heavy atom. The summed E-state index contributed by atoms with van der Waals surface area (Å²) in [6.45, 7) is 0. The van der Waals surface area contributed by atoms with Gasteiger partial charge in [-0.05, 0) is 73.0 Å². The molecular weight excluding hydrogens is 308 g/mol. The van der Waals surface area contributed by atoms with E-state index in [0.29, 0.717) is 5.38 Å². The minimum Gasteiger partial charge on any atom is -0.122 e. The van der Waals surface area contributed by atoms with Gasteiger partial charge in [-0.15, -0.1) is 11.6 Å². The number of hydrogen-bond donors (Lipinski definition) is 0. The maximum Gasteiger partial charge on any atom is 0.0410 e. The van der Waals surface area contributed by atoms with Crippen LogP contribution in [0.3, 0.4) is 0 Å². The van der Waals surface area contributed by atoms with Gasteiger partial charge in [-0.2, -0.15) is 0 Å². The fourth-order valence-corrected chi connectivity index (χ4v) is 5.86. The van der Waals surface area contributed by atoms with E-state index in [1.807, 2.05) is 0 Å². The summed E-state index contributed by atoms with van der Waals surface area (Å²) in [4.78, 5) is 0. The first-order chi connectivity index (χ1) is 8.74. The summed E-state index contributed by atoms with van der Waals surface area (Å²) in [5, 5.41) is 0.359. The number of hydrogen-bond acceptors (Lipinski definition) is 0. The van der Waals surface area contributed by atoms with Crippen LogP contribution in [0.1, 0.15) is 24.8 Å². The van der Waals surface area contributed by atoms with Crippen LogP contribution in [0.25, 0.3) is 0 Å². The molecule has 1 aromatic carbocycles. The zero-order valence-corrected chi connectivity index (χ0v) is 12.7. The number of benzene rings is 1. The number of rotatable bonds is 3. The second-order valence-corrected chi connectivity index (χ2v) is 7.89. The Bertz CT molecular complexity index is 456. The van der Waals surface area contributed by atoms with Crippen LogP contribution in [0, 0.1) is 29.6 Å². The van der Waals surface area contributed by atoms with E-state index in [0.717, 1.165) is 36.0 Å². The van der Waals surface area contributed by atoms with Crippen molar-refractivity contribution in [1.29, 1.82) is 0 Å². The molecule has 0 nitrogen and oxygen atoms in total. The van der Waals surface area contributed by atoms with Crippen molar-refractivity contribution in [2.45, 2.75) is 31.1 Å². The van der Waals surface area contributed by atoms with E-state index in [9.17, 15) is 0 Å². The summed E-state index contributed by atoms with van der Waals surface area (Å²) in [5.74, 6) is 4.90. The van der Waals surface area contributed by atoms with Gasteiger partial charge < -0.3 is 0 Å². The first kappa shape index (κ1) is 11.8. The van der Waals surface area contributed by atoms with Crippen molar-refractivity contribution in [3.63, 3.8) is 0 Å². The Morgan fingerprint density at radius 1 is 1.22 bits per heavy atom. The van der Waals surface area contributed by atoms with E-state index < -0.39 is 0 Å². The molecule has 0 radical (unpaired) electrons. The van der Waals surface area contributed by atoms with E-state index in [1.165, 1.54) is 29.3 Å². The summed E-state index contributed by atoms with van der Waals surface area (Å²) in [7, 11) is 0. The molecule has 0 N–H and O–H groups in total. The summed E-state index contributed by atoms with van der Waals surface area (Å²) in [6, 6.07) is 8.61. The third-order valence-corrected chi connectivity index (χ3v) is 6.47. The standard InChI is InChI=1S/C16H18BrCl/c17-12-3-1-2-9(6-12)7-13(18)16-14-10-4-5-11(8-10)15(14)16/h1-3,6,10-11,13-16H,4-5,7-8H2. The highest BCUT2D eigenvalue weighted by Gasteiger charge is 2.66. The van der Waals surface area contributed by atoms with Crippen LogP contribution >= 0.6 is 27.5 Å². The zero-order chi connectivity index (χ0) is 12.3. The lowest BCUT2D eigenvalue weighted by Gasteiger charge is -2.14. The summed E-state index contributed by atoms with van der Waals surface area (Å²) >= 11 is 10.2. The van der Waals surface area contributed by atoms with Gasteiger partial charge in [0.05, 0.1) is 0 Å². The lowest BCUT2D eigenvalue weighted by atomic mass is 9.97. The Morgan fingerprint density at radius 2 is 1.94 bits per heavy atom. The van der Waals surface area contributed by atoms with E-state index in [4.69, 9.17) is 11.6 Å². The van der Waals surface area contributed by atoms with Crippen molar-refractivity contribution in [3.8, 4) is 0 Å². The third-order valence-electron chi connectivity index (χ3n) is 5.53. The zero-order valence-electron chi connectivity index (χ0n) is 10.4. The lowest BCUT2D eigenvalue weighted by molar-refractivity contribution is 0.449. The number of fused-ring (bicyclic) bond motifs is 5. The molecule has 18 heavy (non-hydrogen) atoms. The molecule has 0 amide bonds. The maximum atomic E-state index is 6.71. The number of alkyl halides is 1. The van der Waals surface area contributed by atoms with Crippen LogP contribution in [0.2, 0.25) is 0 Å². The molecule has 5 unspecified atom stereocenters. The first-order valence-electron chi connectivity index (χ1n) is 7.12. The second-order valence-electron chi connectivity index (χ2n) is 6.42. The molecule has 5 atom stereocenters. The minimum atomic E-state index is 0.359. The SMILES string of the molecule is ClC(Cc1cccc(Br)c1)C1C2C3CCC(C3)C12. The topological polar surface area (TPSA) is 0 Å². The molecular formula is C16H18BrCl. The minimum absolute atomic E-state index is 0.359. The van der Waals surface area contributed by atoms with Gasteiger partial charge in [0.15, 0.2) is 0 Å². The summed E-state index contributed by atoms with van der Waals surface area (Å²) in [6.07, 6.45) is 5.54. The van der Waals surface area contributed by atoms with Gasteiger partial charge in [0, 0.05) is 9.85 Å². The van der Waals surface area contributed by atoms with Gasteiger partial charge in [0.2, 0.25) is 0 Å². The molecule has 0 spiro atoms. The van der Waals surface area contributed by atoms with Crippen molar-refractivity contribution < 1.29 is 0 Å². The van der Waals surface area contributed by atoms with E-state index >= 15 is 0 Å². The highest BCUT2D eigenvalue weighted by atomic mass is 79.9. The predicted molar refractivity (Wildman–Crippen MR) is 78.8 cm³/mol. The van der Waals surface area contributed by atoms with Crippen molar-refractivity contribution in [1.82, 2.24) is 0 Å². The predicted octanol–water partition coefficient (Wildman–Crippen LogP) is 4.89. The van der Waals surface area contributed by atoms with Crippen molar-refractivity contribution >= 4 is 27.5 Å². The molecule has 2 heteroatoms. The molecule has 1 aromatic rings. The molecule has 0 saturated heterocycles. The van der Waals surface area contributed by atoms with Crippen LogP contribution in [0.4, 0.5) is 0 Å². The fourth-order valence-electron chi connectivity index (χ4n) is 4.90. The van der Waals surface area contributed by atoms with Crippen LogP contribution < -0.4 is 0 Å². The van der Waals surface area contributed by atoms with Gasteiger partial charge in [-0.1, -0.05) is 28.1 Å². The molecule has 4 rings (SSSR count). The maximum absolute atomic E-state index is 6.71. The van der Waals surface area contributed by atoms with E-state index in [-0.39, 0.29) is 0 Å². The summed E-state index contributed by atoms with van der Waals surface area (Å²) in [5.41, 5.74) is 1.38. The average Bonchev–Trinajstić information content (AvgIpc) is 2.79. The monoisotopic (exact) mass is 324 g/mol. The quantitative estimate of drug-likeness (QED) is 0.694. The van der Waals surface area contributed by atoms with Gasteiger partial charge in [0.1, 0.15) is 0 Å². The molecule has 0 aliphatic heterocycles. The van der Waals surface area contributed by atoms with Gasteiger partial charge >= 0.3 is 0 Å². The van der Waals surface area contributed by atoms with E-state index in [2.05, 4.69) is 40.2 Å². The van der Waals surface area contributed by atoms with Gasteiger partial charge in [-0.25, -0.2) is 0 Å². The highest BCUT2D eigenvalue weighted by Crippen LogP contribution is 2.71. The normalized spacial score (nSPS) is 41.8. The Balaban J connectivity index is 1.45. The van der Waals surface area contributed by atoms with E-state index in [1.54, 1.807) is 0 Å². The van der Waals surface area contributed by atoms with Crippen LogP contribution in [-0.2, 0) is 6.42 Å². The Kier molecular flexibility index (Phi) is 2.78. The smallest absolute Gasteiger partial charge is 0.0410 e. The molecule has 0 aromatic heterocycles. The van der Waals surface area contributed by atoms with Crippen LogP contribution in [0.15, 0.2) is 28.7 Å². The molecule has 3 fully saturated rings. The Hall–Kier alpha value is -0.0100. The lowest BCUT2D eigenvalue weighted by Crippen LogP contribution is -2.13. The van der Waals surface area contributed by atoms with Crippen molar-refractivity contribution in [2.75, 3.05) is 0 Å². The first-order valence-corrected chi connectivity index (χ1v) is 8.35. The molecule has 96 valence electrons. The third kappa shape index (κ3) is 1.78.